The molecule has 2 amide bonds. The molecule has 0 spiro atoms. The van der Waals surface area contributed by atoms with Crippen LogP contribution >= 0.6 is 15.9 Å². The molecule has 2 aromatic carbocycles. The second kappa shape index (κ2) is 8.87. The first-order chi connectivity index (χ1) is 13.8. The largest absolute Gasteiger partial charge is 0.329 e. The number of carbonyl (C=O) groups excluding carboxylic acids is 2. The molecule has 0 aliphatic heterocycles. The number of amides is 2. The maximum atomic E-state index is 12.0. The lowest BCUT2D eigenvalue weighted by molar-refractivity contribution is -0.136. The Morgan fingerprint density at radius 2 is 1.72 bits per heavy atom. The molecule has 3 rings (SSSR count). The molecule has 0 saturated heterocycles. The third-order valence-corrected chi connectivity index (χ3v) is 4.91. The van der Waals surface area contributed by atoms with Crippen molar-refractivity contribution in [2.24, 2.45) is 5.10 Å². The third kappa shape index (κ3) is 5.00. The number of carbonyl (C=O) groups is 2. The highest BCUT2D eigenvalue weighted by Gasteiger charge is 2.13. The Morgan fingerprint density at radius 1 is 1.00 bits per heavy atom. The number of benzene rings is 2. The van der Waals surface area contributed by atoms with E-state index in [9.17, 15) is 9.59 Å². The fraction of sp³-hybridized carbons (Fsp3) is 0.136. The first-order valence-electron chi connectivity index (χ1n) is 9.01. The number of halogens is 1. The summed E-state index contributed by atoms with van der Waals surface area (Å²) in [5.74, 6) is -1.63. The van der Waals surface area contributed by atoms with E-state index in [1.165, 1.54) is 11.8 Å². The minimum absolute atomic E-state index is 0.519. The predicted molar refractivity (Wildman–Crippen MR) is 118 cm³/mol. The van der Waals surface area contributed by atoms with Gasteiger partial charge in [-0.3, -0.25) is 9.59 Å². The topological polar surface area (TPSA) is 75.5 Å². The molecular weight excluding hydrogens is 432 g/mol. The fourth-order valence-corrected chi connectivity index (χ4v) is 3.37. The van der Waals surface area contributed by atoms with Crippen molar-refractivity contribution in [1.29, 1.82) is 0 Å². The Bertz CT molecular complexity index is 1080. The second-order valence-electron chi connectivity index (χ2n) is 6.66. The minimum atomic E-state index is -0.839. The molecule has 2 N–H and O–H groups in total. The fourth-order valence-electron chi connectivity index (χ4n) is 2.97. The van der Waals surface area contributed by atoms with Crippen molar-refractivity contribution in [2.75, 3.05) is 5.32 Å². The van der Waals surface area contributed by atoms with E-state index >= 15 is 0 Å². The van der Waals surface area contributed by atoms with Gasteiger partial charge in [0, 0.05) is 32.8 Å². The zero-order valence-corrected chi connectivity index (χ0v) is 17.9. The van der Waals surface area contributed by atoms with Gasteiger partial charge >= 0.3 is 11.8 Å². The summed E-state index contributed by atoms with van der Waals surface area (Å²) in [5, 5.41) is 6.46. The molecule has 7 heteroatoms. The highest BCUT2D eigenvalue weighted by atomic mass is 79.9. The summed E-state index contributed by atoms with van der Waals surface area (Å²) in [5.41, 5.74) is 7.93. The van der Waals surface area contributed by atoms with Crippen molar-refractivity contribution in [3.8, 4) is 5.69 Å². The summed E-state index contributed by atoms with van der Waals surface area (Å²) in [6.07, 6.45) is 1.54. The van der Waals surface area contributed by atoms with E-state index in [-0.39, 0.29) is 0 Å². The van der Waals surface area contributed by atoms with Crippen LogP contribution in [0.25, 0.3) is 5.69 Å². The number of rotatable bonds is 4. The summed E-state index contributed by atoms with van der Waals surface area (Å²) in [6.45, 7) is 6.04. The van der Waals surface area contributed by atoms with Gasteiger partial charge in [-0.1, -0.05) is 39.7 Å². The number of aryl methyl sites for hydroxylation is 2. The molecule has 1 heterocycles. The van der Waals surface area contributed by atoms with Gasteiger partial charge in [-0.15, -0.1) is 0 Å². The predicted octanol–water partition coefficient (Wildman–Crippen LogP) is 4.25. The minimum Gasteiger partial charge on any atom is -0.318 e. The molecular formula is C22H21BrN4O2. The van der Waals surface area contributed by atoms with E-state index < -0.39 is 11.8 Å². The first-order valence-corrected chi connectivity index (χ1v) is 9.80. The summed E-state index contributed by atoms with van der Waals surface area (Å²) >= 11 is 3.31. The van der Waals surface area contributed by atoms with Crippen molar-refractivity contribution in [2.45, 2.75) is 20.8 Å². The zero-order chi connectivity index (χ0) is 21.0. The van der Waals surface area contributed by atoms with Gasteiger partial charge in [-0.05, 0) is 57.2 Å². The summed E-state index contributed by atoms with van der Waals surface area (Å²) < 4.78 is 2.92. The molecule has 3 aromatic rings. The quantitative estimate of drug-likeness (QED) is 0.352. The standard InChI is InChI=1S/C22H21BrN4O2/c1-14-7-9-20(10-8-14)27-15(2)11-17(16(27)3)13-24-26-22(29)21(28)25-19-6-4-5-18(23)12-19/h4-13H,1-3H3,(H,25,28)(H,26,29)/b24-13-. The van der Waals surface area contributed by atoms with Crippen LogP contribution in [0, 0.1) is 20.8 Å². The van der Waals surface area contributed by atoms with Gasteiger partial charge in [0.15, 0.2) is 0 Å². The monoisotopic (exact) mass is 452 g/mol. The summed E-state index contributed by atoms with van der Waals surface area (Å²) in [6, 6.07) is 17.2. The molecule has 0 aliphatic rings. The van der Waals surface area contributed by atoms with Gasteiger partial charge in [-0.25, -0.2) is 5.43 Å². The number of aromatic nitrogens is 1. The lowest BCUT2D eigenvalue weighted by Gasteiger charge is -2.09. The third-order valence-electron chi connectivity index (χ3n) is 4.42. The van der Waals surface area contributed by atoms with Gasteiger partial charge in [0.25, 0.3) is 0 Å². The van der Waals surface area contributed by atoms with Crippen LogP contribution in [0.2, 0.25) is 0 Å². The van der Waals surface area contributed by atoms with Crippen molar-refractivity contribution >= 4 is 39.6 Å². The Kier molecular flexibility index (Phi) is 6.29. The van der Waals surface area contributed by atoms with E-state index in [0.717, 1.165) is 27.1 Å². The van der Waals surface area contributed by atoms with Crippen LogP contribution in [0.5, 0.6) is 0 Å². The van der Waals surface area contributed by atoms with Crippen LogP contribution in [-0.2, 0) is 9.59 Å². The van der Waals surface area contributed by atoms with E-state index in [1.807, 2.05) is 32.9 Å². The Morgan fingerprint density at radius 3 is 2.41 bits per heavy atom. The van der Waals surface area contributed by atoms with Crippen LogP contribution < -0.4 is 10.7 Å². The molecule has 0 unspecified atom stereocenters. The van der Waals surface area contributed by atoms with Crippen LogP contribution in [-0.4, -0.2) is 22.6 Å². The van der Waals surface area contributed by atoms with E-state index in [4.69, 9.17) is 0 Å². The summed E-state index contributed by atoms with van der Waals surface area (Å²) in [4.78, 5) is 24.0. The Labute approximate surface area is 177 Å². The van der Waals surface area contributed by atoms with Crippen LogP contribution in [0.15, 0.2) is 64.2 Å². The van der Waals surface area contributed by atoms with Crippen LogP contribution in [0.3, 0.4) is 0 Å². The first kappa shape index (κ1) is 20.5. The van der Waals surface area contributed by atoms with E-state index in [1.54, 1.807) is 18.2 Å². The highest BCUT2D eigenvalue weighted by Crippen LogP contribution is 2.20. The Hall–Kier alpha value is -3.19. The normalized spacial score (nSPS) is 10.9. The van der Waals surface area contributed by atoms with Gasteiger partial charge in [0.05, 0.1) is 6.21 Å². The van der Waals surface area contributed by atoms with Gasteiger partial charge in [0.1, 0.15) is 0 Å². The molecule has 0 radical (unpaired) electrons. The van der Waals surface area contributed by atoms with Gasteiger partial charge < -0.3 is 9.88 Å². The summed E-state index contributed by atoms with van der Waals surface area (Å²) in [7, 11) is 0. The maximum Gasteiger partial charge on any atom is 0.329 e. The number of hydrogen-bond donors (Lipinski definition) is 2. The second-order valence-corrected chi connectivity index (χ2v) is 7.58. The molecule has 0 saturated carbocycles. The number of nitrogens with one attached hydrogen (secondary N) is 2. The number of hydrogen-bond acceptors (Lipinski definition) is 3. The van der Waals surface area contributed by atoms with Crippen molar-refractivity contribution < 1.29 is 9.59 Å². The van der Waals surface area contributed by atoms with E-state index in [0.29, 0.717) is 5.69 Å². The van der Waals surface area contributed by atoms with Crippen molar-refractivity contribution in [3.05, 3.63) is 81.6 Å². The highest BCUT2D eigenvalue weighted by molar-refractivity contribution is 9.10. The molecule has 148 valence electrons. The number of anilines is 1. The number of hydrazone groups is 1. The number of nitrogens with zero attached hydrogens (tertiary/aromatic N) is 2. The molecule has 0 aliphatic carbocycles. The molecule has 6 nitrogen and oxygen atoms in total. The van der Waals surface area contributed by atoms with Gasteiger partial charge in [0.2, 0.25) is 0 Å². The lowest BCUT2D eigenvalue weighted by atomic mass is 10.2. The van der Waals surface area contributed by atoms with Crippen LogP contribution in [0.1, 0.15) is 22.5 Å². The smallest absolute Gasteiger partial charge is 0.318 e. The molecule has 0 bridgehead atoms. The van der Waals surface area contributed by atoms with Crippen molar-refractivity contribution in [1.82, 2.24) is 9.99 Å². The SMILES string of the molecule is Cc1ccc(-n2c(C)cc(/C=N\NC(=O)C(=O)Nc3cccc(Br)c3)c2C)cc1. The average Bonchev–Trinajstić information content (AvgIpc) is 2.96. The lowest BCUT2D eigenvalue weighted by Crippen LogP contribution is -2.32. The molecule has 0 atom stereocenters. The maximum absolute atomic E-state index is 12.0. The average molecular weight is 453 g/mol. The molecule has 29 heavy (non-hydrogen) atoms. The molecule has 0 fully saturated rings. The Balaban J connectivity index is 1.67. The van der Waals surface area contributed by atoms with Gasteiger partial charge in [-0.2, -0.15) is 5.10 Å². The van der Waals surface area contributed by atoms with Crippen LogP contribution in [0.4, 0.5) is 5.69 Å². The zero-order valence-electron chi connectivity index (χ0n) is 16.4. The van der Waals surface area contributed by atoms with E-state index in [2.05, 4.69) is 60.6 Å². The molecule has 1 aromatic heterocycles. The van der Waals surface area contributed by atoms with Crippen molar-refractivity contribution in [3.63, 3.8) is 0 Å².